The second-order valence-corrected chi connectivity index (χ2v) is 52.2. The molecule has 8 nitrogen and oxygen atoms in total. The van der Waals surface area contributed by atoms with Crippen LogP contribution in [0.2, 0.25) is 0 Å². The molecule has 0 aromatic heterocycles. The first kappa shape index (κ1) is 80.2. The molecule has 0 saturated heterocycles. The van der Waals surface area contributed by atoms with E-state index in [1.807, 2.05) is 28.4 Å². The number of halogens is 2. The minimum atomic E-state index is -1.50. The van der Waals surface area contributed by atoms with E-state index < -0.39 is 15.8 Å². The summed E-state index contributed by atoms with van der Waals surface area (Å²) in [6.07, 6.45) is 0. The molecule has 2 aliphatic rings. The molecule has 9 rings (SSSR count). The number of rotatable bonds is 12. The number of hydrogen-bond donors (Lipinski definition) is 0. The molecule has 13 heteroatoms. The van der Waals surface area contributed by atoms with Gasteiger partial charge >= 0.3 is 49.6 Å². The summed E-state index contributed by atoms with van der Waals surface area (Å²) in [4.78, 5) is 0. The molecular weight excluding hydrogens is 1550 g/mol. The van der Waals surface area contributed by atoms with Gasteiger partial charge in [0.2, 0.25) is 13.6 Å². The molecule has 97 heavy (non-hydrogen) atoms. The summed E-state index contributed by atoms with van der Waals surface area (Å²) in [6.45, 7) is 61.7. The predicted molar refractivity (Wildman–Crippen MR) is 431 cm³/mol. The molecule has 0 N–H and O–H groups in total. The molecular formula is C84H114I2O8P2Ru. The Morgan fingerprint density at radius 1 is 0.351 bits per heavy atom. The minimum absolute atomic E-state index is 0.0701. The van der Waals surface area contributed by atoms with Crippen molar-refractivity contribution in [2.75, 3.05) is 42.0 Å². The zero-order valence-corrected chi connectivity index (χ0v) is 72.3. The molecule has 0 aliphatic carbocycles. The summed E-state index contributed by atoms with van der Waals surface area (Å²) in [6, 6.07) is 37.1. The van der Waals surface area contributed by atoms with Gasteiger partial charge in [-0.05, 0) is 182 Å². The van der Waals surface area contributed by atoms with Gasteiger partial charge in [0.05, 0.1) is 28.4 Å². The van der Waals surface area contributed by atoms with Crippen LogP contribution in [0.5, 0.6) is 46.0 Å². The van der Waals surface area contributed by atoms with Gasteiger partial charge in [0, 0.05) is 55.6 Å². The summed E-state index contributed by atoms with van der Waals surface area (Å²) in [5, 5.41) is 6.98. The van der Waals surface area contributed by atoms with Crippen molar-refractivity contribution >= 4 is 87.2 Å². The van der Waals surface area contributed by atoms with Crippen molar-refractivity contribution in [3.63, 3.8) is 0 Å². The summed E-state index contributed by atoms with van der Waals surface area (Å²) < 4.78 is 53.1. The Labute approximate surface area is 617 Å². The van der Waals surface area contributed by atoms with E-state index in [9.17, 15) is 0 Å². The molecule has 0 spiro atoms. The van der Waals surface area contributed by atoms with Crippen molar-refractivity contribution in [1.29, 1.82) is 0 Å². The third-order valence-electron chi connectivity index (χ3n) is 18.1. The number of benzene rings is 7. The van der Waals surface area contributed by atoms with Crippen LogP contribution in [0.25, 0.3) is 11.1 Å². The molecule has 0 bridgehead atoms. The Hall–Kier alpha value is -4.12. The molecule has 7 aromatic rings. The molecule has 0 radical (unpaired) electrons. The van der Waals surface area contributed by atoms with Crippen LogP contribution < -0.4 is 69.7 Å². The Bertz CT molecular complexity index is 3410. The van der Waals surface area contributed by atoms with Crippen LogP contribution in [0, 0.1) is 6.92 Å². The van der Waals surface area contributed by atoms with Crippen LogP contribution in [0.15, 0.2) is 97.1 Å². The standard InChI is InChI=1S/C74H100O8P2.C10H14.2HI.Ru/c1-67(2,3)47-33-43(34-48(61(47)75-25)68(4,5)6)83(44-35-49(69(7,8)9)62(76-26)50(36-44)70(10,11)12)57-31-29-55-65(81-41-79-55)59(57)60-58(32-30-56-66(60)82-42-80-56)84(45-37-51(71(13,14)15)63(77-27)52(38-45)72(16,17)18)46-39-53(73(19,20)21)64(78-28)54(40-46)74(22,23)24;1-8(2)10-6-4-9(3)5-7-10;;;/h29-40H,41-42H2,1-28H3;4-8H,1-3H3;2*1H;/q;;;;+2/p-2. The Morgan fingerprint density at radius 3 is 0.753 bits per heavy atom. The van der Waals surface area contributed by atoms with Gasteiger partial charge in [-0.15, -0.1) is 0 Å². The average molecular weight is 1670 g/mol. The zero-order valence-electron chi connectivity index (χ0n) is 64.5. The quantitative estimate of drug-likeness (QED) is 0.0681. The summed E-state index contributed by atoms with van der Waals surface area (Å²) >= 11 is 4.73. The van der Waals surface area contributed by atoms with Crippen molar-refractivity contribution in [2.24, 2.45) is 0 Å². The molecule has 0 saturated carbocycles. The Balaban J connectivity index is 0.000000919. The normalized spacial score (nSPS) is 13.6. The van der Waals surface area contributed by atoms with Crippen molar-refractivity contribution in [1.82, 2.24) is 0 Å². The van der Waals surface area contributed by atoms with Crippen LogP contribution in [0.1, 0.15) is 242 Å². The van der Waals surface area contributed by atoms with Gasteiger partial charge in [0.15, 0.2) is 23.0 Å². The third-order valence-corrected chi connectivity index (χ3v) is 22.9. The van der Waals surface area contributed by atoms with Gasteiger partial charge in [-0.1, -0.05) is 210 Å². The molecule has 7 aromatic carbocycles. The van der Waals surface area contributed by atoms with E-state index in [2.05, 4.69) is 324 Å². The number of ether oxygens (including phenoxy) is 8. The van der Waals surface area contributed by atoms with Crippen LogP contribution >= 0.6 is 55.3 Å². The van der Waals surface area contributed by atoms with Crippen molar-refractivity contribution in [3.8, 4) is 57.1 Å². The monoisotopic (exact) mass is 1670 g/mol. The Kier molecular flexibility index (Phi) is 25.2. The summed E-state index contributed by atoms with van der Waals surface area (Å²) in [5.74, 6) is 7.07. The molecule has 0 fully saturated rings. The number of methoxy groups -OCH3 is 4. The molecule has 0 amide bonds. The predicted octanol–water partition coefficient (Wildman–Crippen LogP) is 21.6. The van der Waals surface area contributed by atoms with E-state index in [0.29, 0.717) is 39.0 Å². The second-order valence-electron chi connectivity index (χ2n) is 34.5. The van der Waals surface area contributed by atoms with E-state index in [1.54, 1.807) is 0 Å². The van der Waals surface area contributed by atoms with Gasteiger partial charge in [0.25, 0.3) is 0 Å². The fourth-order valence-corrected chi connectivity index (χ4v) is 18.0. The zero-order chi connectivity index (χ0) is 72.8. The van der Waals surface area contributed by atoms with Crippen molar-refractivity contribution < 1.29 is 48.0 Å². The van der Waals surface area contributed by atoms with Crippen LogP contribution in [0.3, 0.4) is 0 Å². The first-order valence-electron chi connectivity index (χ1n) is 34.0. The molecule has 2 heterocycles. The van der Waals surface area contributed by atoms with Crippen molar-refractivity contribution in [2.45, 2.75) is 236 Å². The van der Waals surface area contributed by atoms with E-state index in [-0.39, 0.29) is 56.9 Å². The van der Waals surface area contributed by atoms with E-state index in [1.165, 1.54) is 32.3 Å². The molecule has 0 unspecified atom stereocenters. The fraction of sp³-hybridized carbons (Fsp3) is 0.500. The first-order chi connectivity index (χ1) is 44.7. The maximum absolute atomic E-state index is 6.98. The molecule has 2 aliphatic heterocycles. The van der Waals surface area contributed by atoms with Gasteiger partial charge in [-0.2, -0.15) is 0 Å². The number of hydrogen-bond acceptors (Lipinski definition) is 8. The van der Waals surface area contributed by atoms with Gasteiger partial charge < -0.3 is 37.9 Å². The van der Waals surface area contributed by atoms with E-state index in [0.717, 1.165) is 89.2 Å². The second kappa shape index (κ2) is 30.4. The summed E-state index contributed by atoms with van der Waals surface area (Å²) in [5.41, 5.74) is 11.5. The van der Waals surface area contributed by atoms with E-state index in [4.69, 9.17) is 37.9 Å². The third kappa shape index (κ3) is 17.9. The van der Waals surface area contributed by atoms with Gasteiger partial charge in [-0.3, -0.25) is 0 Å². The number of fused-ring (bicyclic) bond motifs is 2. The van der Waals surface area contributed by atoms with Gasteiger partial charge in [-0.25, -0.2) is 0 Å². The van der Waals surface area contributed by atoms with Crippen LogP contribution in [-0.2, 0) is 53.4 Å². The fourth-order valence-electron chi connectivity index (χ4n) is 12.9. The van der Waals surface area contributed by atoms with Crippen molar-refractivity contribution in [3.05, 3.63) is 153 Å². The summed E-state index contributed by atoms with van der Waals surface area (Å²) in [7, 11) is 4.94. The molecule has 0 atom stereocenters. The SMILES string of the molecule is COc1c(C(C)(C)C)cc(P(c2cc(C(C)(C)C)c(OC)c(C(C)(C)C)c2)c2ccc3c(c2-c2c(P(c4cc(C(C)(C)C)c(OC)c(C(C)(C)C)c4)c4cc(C(C)(C)C)c(OC)c(C(C)(C)C)c4)ccc4c2OCO4)OCO3)cc1C(C)(C)C.Cc1ccc(C(C)C)cc1.[I][Ru][I]. The first-order valence-corrected chi connectivity index (χ1v) is 47.0. The van der Waals surface area contributed by atoms with Crippen LogP contribution in [-0.4, -0.2) is 42.0 Å². The van der Waals surface area contributed by atoms with Gasteiger partial charge in [0.1, 0.15) is 23.0 Å². The average Bonchev–Trinajstić information content (AvgIpc) is 1.66. The van der Waals surface area contributed by atoms with Crippen LogP contribution in [0.4, 0.5) is 0 Å². The maximum atomic E-state index is 6.98. The number of aryl methyl sites for hydroxylation is 1. The topological polar surface area (TPSA) is 73.8 Å². The Morgan fingerprint density at radius 2 is 0.567 bits per heavy atom. The molecule has 530 valence electrons. The van der Waals surface area contributed by atoms with E-state index >= 15 is 0 Å².